The van der Waals surface area contributed by atoms with Crippen LogP contribution in [0.1, 0.15) is 21.8 Å². The molecule has 0 aliphatic carbocycles. The van der Waals surface area contributed by atoms with Gasteiger partial charge in [-0.3, -0.25) is 9.89 Å². The van der Waals surface area contributed by atoms with E-state index in [9.17, 15) is 4.79 Å². The topological polar surface area (TPSA) is 74.3 Å². The van der Waals surface area contributed by atoms with E-state index in [1.807, 2.05) is 61.6 Å². The molecule has 8 heteroatoms. The lowest BCUT2D eigenvalue weighted by atomic mass is 10.1. The molecule has 1 N–H and O–H groups in total. The third kappa shape index (κ3) is 5.15. The van der Waals surface area contributed by atoms with Crippen LogP contribution in [-0.2, 0) is 6.54 Å². The zero-order chi connectivity index (χ0) is 22.5. The summed E-state index contributed by atoms with van der Waals surface area (Å²) in [6.07, 6.45) is 4.53. The van der Waals surface area contributed by atoms with Crippen molar-refractivity contribution in [2.75, 3.05) is 34.3 Å². The van der Waals surface area contributed by atoms with Crippen LogP contribution >= 0.6 is 11.3 Å². The minimum atomic E-state index is -0.0439. The van der Waals surface area contributed by atoms with Gasteiger partial charge in [0.1, 0.15) is 5.75 Å². The molecule has 0 spiro atoms. The molecule has 2 heterocycles. The molecule has 0 aliphatic heterocycles. The first-order valence-electron chi connectivity index (χ1n) is 10.5. The first kappa shape index (κ1) is 22.0. The molecular weight excluding hydrogens is 422 g/mol. The smallest absolute Gasteiger partial charge is 0.283 e. The second-order valence-electron chi connectivity index (χ2n) is 7.92. The highest BCUT2D eigenvalue weighted by molar-refractivity contribution is 7.20. The minimum absolute atomic E-state index is 0.0439. The molecule has 0 fully saturated rings. The number of nitrogens with one attached hydrogen (secondary N) is 1. The first-order valence-corrected chi connectivity index (χ1v) is 11.3. The Morgan fingerprint density at radius 1 is 1.12 bits per heavy atom. The Hall–Kier alpha value is -3.23. The van der Waals surface area contributed by atoms with E-state index >= 15 is 0 Å². The standard InChI is InChI=1S/C24H27N5O2S/c1-28(2)10-5-11-29(16-17-6-4-7-20(12-17)31-3)24(30)23-27-21-9-8-18(13-22(21)32-23)19-14-25-26-15-19/h4,6-9,12-15H,5,10-11,16H2,1-3H3,(H,25,26). The molecule has 4 rings (SSSR count). The monoisotopic (exact) mass is 449 g/mol. The molecule has 0 saturated heterocycles. The van der Waals surface area contributed by atoms with E-state index in [2.05, 4.69) is 26.1 Å². The fraction of sp³-hybridized carbons (Fsp3) is 0.292. The van der Waals surface area contributed by atoms with Gasteiger partial charge in [-0.1, -0.05) is 18.2 Å². The molecule has 1 amide bonds. The number of H-pyrrole nitrogens is 1. The third-order valence-electron chi connectivity index (χ3n) is 5.23. The van der Waals surface area contributed by atoms with Crippen LogP contribution in [0.15, 0.2) is 54.9 Å². The maximum absolute atomic E-state index is 13.5. The van der Waals surface area contributed by atoms with Gasteiger partial charge in [0.25, 0.3) is 5.91 Å². The molecule has 0 aliphatic rings. The number of ether oxygens (including phenoxy) is 1. The second-order valence-corrected chi connectivity index (χ2v) is 8.95. The van der Waals surface area contributed by atoms with Gasteiger partial charge < -0.3 is 14.5 Å². The number of hydrogen-bond acceptors (Lipinski definition) is 6. The Morgan fingerprint density at radius 3 is 2.75 bits per heavy atom. The van der Waals surface area contributed by atoms with Gasteiger partial charge in [-0.05, 0) is 62.5 Å². The van der Waals surface area contributed by atoms with Crippen LogP contribution < -0.4 is 4.74 Å². The molecule has 0 radical (unpaired) electrons. The van der Waals surface area contributed by atoms with Crippen LogP contribution in [0.25, 0.3) is 21.3 Å². The van der Waals surface area contributed by atoms with Crippen LogP contribution in [0.4, 0.5) is 0 Å². The van der Waals surface area contributed by atoms with Crippen molar-refractivity contribution in [2.45, 2.75) is 13.0 Å². The fourth-order valence-electron chi connectivity index (χ4n) is 3.56. The molecule has 7 nitrogen and oxygen atoms in total. The van der Waals surface area contributed by atoms with Crippen molar-refractivity contribution >= 4 is 27.5 Å². The van der Waals surface area contributed by atoms with Crippen molar-refractivity contribution in [2.24, 2.45) is 0 Å². The highest BCUT2D eigenvalue weighted by Gasteiger charge is 2.20. The van der Waals surface area contributed by atoms with Gasteiger partial charge >= 0.3 is 0 Å². The van der Waals surface area contributed by atoms with Gasteiger partial charge in [-0.25, -0.2) is 4.98 Å². The number of carbonyl (C=O) groups is 1. The second kappa shape index (κ2) is 9.93. The van der Waals surface area contributed by atoms with Crippen molar-refractivity contribution in [3.63, 3.8) is 0 Å². The average Bonchev–Trinajstić information content (AvgIpc) is 3.47. The van der Waals surface area contributed by atoms with E-state index in [1.54, 1.807) is 13.3 Å². The number of nitrogens with zero attached hydrogens (tertiary/aromatic N) is 4. The van der Waals surface area contributed by atoms with Crippen molar-refractivity contribution in [1.82, 2.24) is 25.0 Å². The van der Waals surface area contributed by atoms with E-state index < -0.39 is 0 Å². The number of fused-ring (bicyclic) bond motifs is 1. The number of carbonyl (C=O) groups excluding carboxylic acids is 1. The van der Waals surface area contributed by atoms with E-state index in [1.165, 1.54) is 11.3 Å². The van der Waals surface area contributed by atoms with Crippen LogP contribution in [0.5, 0.6) is 5.75 Å². The quantitative estimate of drug-likeness (QED) is 0.413. The van der Waals surface area contributed by atoms with Gasteiger partial charge in [0.2, 0.25) is 0 Å². The summed E-state index contributed by atoms with van der Waals surface area (Å²) >= 11 is 1.44. The van der Waals surface area contributed by atoms with Gasteiger partial charge in [-0.2, -0.15) is 5.10 Å². The number of thiazole rings is 1. The molecule has 0 atom stereocenters. The summed E-state index contributed by atoms with van der Waals surface area (Å²) in [6.45, 7) is 2.08. The lowest BCUT2D eigenvalue weighted by molar-refractivity contribution is 0.0737. The molecule has 0 unspecified atom stereocenters. The van der Waals surface area contributed by atoms with Gasteiger partial charge in [0.05, 0.1) is 23.5 Å². The normalized spacial score (nSPS) is 11.2. The van der Waals surface area contributed by atoms with E-state index in [4.69, 9.17) is 4.74 Å². The molecule has 4 aromatic rings. The molecule has 166 valence electrons. The van der Waals surface area contributed by atoms with Crippen molar-refractivity contribution in [3.8, 4) is 16.9 Å². The zero-order valence-electron chi connectivity index (χ0n) is 18.5. The van der Waals surface area contributed by atoms with Gasteiger partial charge in [0.15, 0.2) is 5.01 Å². The number of benzene rings is 2. The number of rotatable bonds is 9. The van der Waals surface area contributed by atoms with E-state index in [0.29, 0.717) is 18.1 Å². The van der Waals surface area contributed by atoms with Crippen molar-refractivity contribution in [1.29, 1.82) is 0 Å². The molecule has 2 aromatic carbocycles. The van der Waals surface area contributed by atoms with Gasteiger partial charge in [0, 0.05) is 24.8 Å². The van der Waals surface area contributed by atoms with Crippen LogP contribution in [0.3, 0.4) is 0 Å². The van der Waals surface area contributed by atoms with Crippen LogP contribution in [0, 0.1) is 0 Å². The molecule has 2 aromatic heterocycles. The summed E-state index contributed by atoms with van der Waals surface area (Å²) in [5, 5.41) is 7.37. The Balaban J connectivity index is 1.59. The van der Waals surface area contributed by atoms with Crippen molar-refractivity contribution < 1.29 is 9.53 Å². The first-order chi connectivity index (χ1) is 15.5. The SMILES string of the molecule is COc1cccc(CN(CCCN(C)C)C(=O)c2nc3ccc(-c4cn[nH]c4)cc3s2)c1. The highest BCUT2D eigenvalue weighted by Crippen LogP contribution is 2.29. The zero-order valence-corrected chi connectivity index (χ0v) is 19.4. The minimum Gasteiger partial charge on any atom is -0.497 e. The predicted octanol–water partition coefficient (Wildman–Crippen LogP) is 4.29. The van der Waals surface area contributed by atoms with Gasteiger partial charge in [-0.15, -0.1) is 11.3 Å². The summed E-state index contributed by atoms with van der Waals surface area (Å²) < 4.78 is 6.34. The largest absolute Gasteiger partial charge is 0.497 e. The Bertz CT molecular complexity index is 1190. The summed E-state index contributed by atoms with van der Waals surface area (Å²) in [4.78, 5) is 22.1. The maximum Gasteiger partial charge on any atom is 0.283 e. The third-order valence-corrected chi connectivity index (χ3v) is 6.24. The number of aromatic amines is 1. The molecule has 32 heavy (non-hydrogen) atoms. The highest BCUT2D eigenvalue weighted by atomic mass is 32.1. The molecule has 0 bridgehead atoms. The van der Waals surface area contributed by atoms with Crippen LogP contribution in [0.2, 0.25) is 0 Å². The Labute approximate surface area is 191 Å². The molecular formula is C24H27N5O2S. The van der Waals surface area contributed by atoms with E-state index in [-0.39, 0.29) is 5.91 Å². The lowest BCUT2D eigenvalue weighted by Gasteiger charge is -2.23. The lowest BCUT2D eigenvalue weighted by Crippen LogP contribution is -2.33. The number of hydrogen-bond donors (Lipinski definition) is 1. The average molecular weight is 450 g/mol. The predicted molar refractivity (Wildman–Crippen MR) is 128 cm³/mol. The summed E-state index contributed by atoms with van der Waals surface area (Å²) in [6, 6.07) is 13.9. The van der Waals surface area contributed by atoms with Crippen molar-refractivity contribution in [3.05, 3.63) is 65.4 Å². The Morgan fingerprint density at radius 2 is 2.00 bits per heavy atom. The molecule has 0 saturated carbocycles. The fourth-order valence-corrected chi connectivity index (χ4v) is 4.53. The number of methoxy groups -OCH3 is 1. The number of amides is 1. The summed E-state index contributed by atoms with van der Waals surface area (Å²) in [7, 11) is 5.73. The summed E-state index contributed by atoms with van der Waals surface area (Å²) in [5.74, 6) is 0.743. The van der Waals surface area contributed by atoms with Crippen LogP contribution in [-0.4, -0.2) is 65.2 Å². The van der Waals surface area contributed by atoms with E-state index in [0.717, 1.165) is 45.6 Å². The maximum atomic E-state index is 13.5. The summed E-state index contributed by atoms with van der Waals surface area (Å²) in [5.41, 5.74) is 3.93. The Kier molecular flexibility index (Phi) is 6.82. The number of aromatic nitrogens is 3.